The van der Waals surface area contributed by atoms with E-state index in [9.17, 15) is 0 Å². The summed E-state index contributed by atoms with van der Waals surface area (Å²) < 4.78 is 0. The molecule has 0 saturated heterocycles. The van der Waals surface area contributed by atoms with Gasteiger partial charge in [0.1, 0.15) is 0 Å². The summed E-state index contributed by atoms with van der Waals surface area (Å²) in [6.07, 6.45) is 0. The zero-order valence-corrected chi connectivity index (χ0v) is 18.5. The van der Waals surface area contributed by atoms with Gasteiger partial charge in [-0.3, -0.25) is 0 Å². The molecule has 3 aromatic carbocycles. The average Bonchev–Trinajstić information content (AvgIpc) is 2.48. The first-order valence-corrected chi connectivity index (χ1v) is 10.1. The third-order valence-corrected chi connectivity index (χ3v) is 6.30. The number of hydrogen-bond acceptors (Lipinski definition) is 0. The standard InChI is InChI=1S/C24H28Si/c1-14-10-16(3)22(17(4)11-14)20-8-7-9-21(24(20)25)23-18(5)12-15(2)13-19(23)6/h7-13H,1-6,25H3. The minimum absolute atomic E-state index is 1.03. The van der Waals surface area contributed by atoms with Crippen LogP contribution in [0.1, 0.15) is 33.4 Å². The smallest absolute Gasteiger partial charge is 0.0401 e. The van der Waals surface area contributed by atoms with Crippen molar-refractivity contribution in [1.82, 2.24) is 0 Å². The molecule has 3 aromatic rings. The highest BCUT2D eigenvalue weighted by Crippen LogP contribution is 2.32. The van der Waals surface area contributed by atoms with E-state index in [-0.39, 0.29) is 0 Å². The van der Waals surface area contributed by atoms with E-state index in [4.69, 9.17) is 0 Å². The van der Waals surface area contributed by atoms with Crippen molar-refractivity contribution >= 4 is 15.4 Å². The minimum Gasteiger partial charge on any atom is -0.0610 e. The van der Waals surface area contributed by atoms with Crippen LogP contribution < -0.4 is 5.19 Å². The van der Waals surface area contributed by atoms with Gasteiger partial charge in [0.2, 0.25) is 0 Å². The van der Waals surface area contributed by atoms with Crippen LogP contribution in [0.25, 0.3) is 22.3 Å². The lowest BCUT2D eigenvalue weighted by Crippen LogP contribution is -2.13. The number of aryl methyl sites for hydroxylation is 6. The molecule has 0 heterocycles. The van der Waals surface area contributed by atoms with Gasteiger partial charge >= 0.3 is 0 Å². The molecule has 0 aliphatic carbocycles. The molecule has 3 rings (SSSR count). The van der Waals surface area contributed by atoms with Gasteiger partial charge in [0, 0.05) is 10.2 Å². The van der Waals surface area contributed by atoms with Crippen LogP contribution in [0, 0.1) is 41.5 Å². The van der Waals surface area contributed by atoms with E-state index in [0.29, 0.717) is 0 Å². The molecule has 0 bridgehead atoms. The van der Waals surface area contributed by atoms with Crippen LogP contribution in [-0.4, -0.2) is 10.2 Å². The molecule has 0 aromatic heterocycles. The Hall–Kier alpha value is -2.12. The molecular weight excluding hydrogens is 316 g/mol. The van der Waals surface area contributed by atoms with E-state index < -0.39 is 0 Å². The zero-order valence-electron chi connectivity index (χ0n) is 16.5. The van der Waals surface area contributed by atoms with Crippen LogP contribution in [0.2, 0.25) is 0 Å². The molecule has 0 atom stereocenters. The summed E-state index contributed by atoms with van der Waals surface area (Å²) in [7, 11) is 1.03. The first-order chi connectivity index (χ1) is 11.8. The quantitative estimate of drug-likeness (QED) is 0.582. The van der Waals surface area contributed by atoms with Crippen molar-refractivity contribution in [1.29, 1.82) is 0 Å². The normalized spacial score (nSPS) is 11.1. The Bertz CT molecular complexity index is 842. The maximum absolute atomic E-state index is 2.30. The van der Waals surface area contributed by atoms with Gasteiger partial charge in [0.15, 0.2) is 0 Å². The maximum atomic E-state index is 2.30. The van der Waals surface area contributed by atoms with Gasteiger partial charge in [-0.15, -0.1) is 0 Å². The van der Waals surface area contributed by atoms with Crippen LogP contribution in [0.3, 0.4) is 0 Å². The van der Waals surface area contributed by atoms with Crippen LogP contribution in [0.5, 0.6) is 0 Å². The summed E-state index contributed by atoms with van der Waals surface area (Å²) in [5.41, 5.74) is 13.9. The average molecular weight is 345 g/mol. The molecule has 0 saturated carbocycles. The predicted molar refractivity (Wildman–Crippen MR) is 115 cm³/mol. The molecule has 0 N–H and O–H groups in total. The third kappa shape index (κ3) is 3.21. The molecule has 1 heteroatoms. The zero-order chi connectivity index (χ0) is 18.3. The van der Waals surface area contributed by atoms with E-state index in [2.05, 4.69) is 84.0 Å². The second-order valence-corrected chi connectivity index (χ2v) is 8.53. The second kappa shape index (κ2) is 6.65. The summed E-state index contributed by atoms with van der Waals surface area (Å²) in [4.78, 5) is 0. The fourth-order valence-electron chi connectivity index (χ4n) is 4.39. The van der Waals surface area contributed by atoms with Gasteiger partial charge < -0.3 is 0 Å². The van der Waals surface area contributed by atoms with Crippen molar-refractivity contribution in [2.75, 3.05) is 0 Å². The molecule has 25 heavy (non-hydrogen) atoms. The summed E-state index contributed by atoms with van der Waals surface area (Å²) in [5.74, 6) is 0. The lowest BCUT2D eigenvalue weighted by molar-refractivity contribution is 1.32. The van der Waals surface area contributed by atoms with Crippen LogP contribution in [0.15, 0.2) is 42.5 Å². The first kappa shape index (κ1) is 17.7. The van der Waals surface area contributed by atoms with E-state index >= 15 is 0 Å². The fourth-order valence-corrected chi connectivity index (χ4v) is 5.22. The van der Waals surface area contributed by atoms with Crippen molar-refractivity contribution in [2.24, 2.45) is 0 Å². The second-order valence-electron chi connectivity index (χ2n) is 7.53. The topological polar surface area (TPSA) is 0 Å². The predicted octanol–water partition coefficient (Wildman–Crippen LogP) is 4.86. The molecule has 0 amide bonds. The SMILES string of the molecule is Cc1cc(C)c(-c2cccc(-c3c(C)cc(C)cc3C)c2[SiH3])c(C)c1. The summed E-state index contributed by atoms with van der Waals surface area (Å²) in [5, 5.41) is 1.51. The van der Waals surface area contributed by atoms with Gasteiger partial charge in [-0.25, -0.2) is 0 Å². The van der Waals surface area contributed by atoms with E-state index in [0.717, 1.165) is 10.2 Å². The maximum Gasteiger partial charge on any atom is 0.0401 e. The Labute approximate surface area is 155 Å². The number of hydrogen-bond donors (Lipinski definition) is 0. The van der Waals surface area contributed by atoms with Crippen LogP contribution in [-0.2, 0) is 0 Å². The Balaban J connectivity index is 2.28. The third-order valence-electron chi connectivity index (χ3n) is 5.23. The Morgan fingerprint density at radius 1 is 0.560 bits per heavy atom. The van der Waals surface area contributed by atoms with Crippen LogP contribution >= 0.6 is 0 Å². The lowest BCUT2D eigenvalue weighted by atomic mass is 9.89. The molecule has 0 aliphatic rings. The number of benzene rings is 3. The van der Waals surface area contributed by atoms with Crippen LogP contribution in [0.4, 0.5) is 0 Å². The first-order valence-electron chi connectivity index (χ1n) is 9.05. The fraction of sp³-hybridized carbons (Fsp3) is 0.250. The summed E-state index contributed by atoms with van der Waals surface area (Å²) >= 11 is 0. The number of rotatable bonds is 2. The Morgan fingerprint density at radius 2 is 0.880 bits per heavy atom. The molecule has 0 aliphatic heterocycles. The van der Waals surface area contributed by atoms with Crippen molar-refractivity contribution in [2.45, 2.75) is 41.5 Å². The van der Waals surface area contributed by atoms with E-state index in [1.165, 1.54) is 60.8 Å². The van der Waals surface area contributed by atoms with E-state index in [1.807, 2.05) is 0 Å². The summed E-state index contributed by atoms with van der Waals surface area (Å²) in [6.45, 7) is 13.3. The molecule has 128 valence electrons. The van der Waals surface area contributed by atoms with Crippen molar-refractivity contribution in [3.05, 3.63) is 75.8 Å². The van der Waals surface area contributed by atoms with Gasteiger partial charge in [0.25, 0.3) is 0 Å². The Morgan fingerprint density at radius 3 is 1.20 bits per heavy atom. The van der Waals surface area contributed by atoms with Crippen molar-refractivity contribution < 1.29 is 0 Å². The highest BCUT2D eigenvalue weighted by atomic mass is 28.1. The molecular formula is C24H28Si. The van der Waals surface area contributed by atoms with Gasteiger partial charge in [-0.05, 0) is 86.1 Å². The largest absolute Gasteiger partial charge is 0.0610 e. The molecule has 0 nitrogen and oxygen atoms in total. The molecule has 0 radical (unpaired) electrons. The van der Waals surface area contributed by atoms with Crippen molar-refractivity contribution in [3.8, 4) is 22.3 Å². The van der Waals surface area contributed by atoms with Crippen molar-refractivity contribution in [3.63, 3.8) is 0 Å². The minimum atomic E-state index is 1.03. The van der Waals surface area contributed by atoms with E-state index in [1.54, 1.807) is 0 Å². The highest BCUT2D eigenvalue weighted by molar-refractivity contribution is 6.39. The highest BCUT2D eigenvalue weighted by Gasteiger charge is 2.14. The molecule has 0 spiro atoms. The van der Waals surface area contributed by atoms with Gasteiger partial charge in [-0.1, -0.05) is 58.8 Å². The monoisotopic (exact) mass is 344 g/mol. The molecule has 0 fully saturated rings. The lowest BCUT2D eigenvalue weighted by Gasteiger charge is -2.19. The summed E-state index contributed by atoms with van der Waals surface area (Å²) in [6, 6.07) is 16.0. The molecule has 0 unspecified atom stereocenters. The van der Waals surface area contributed by atoms with Gasteiger partial charge in [-0.2, -0.15) is 0 Å². The van der Waals surface area contributed by atoms with Gasteiger partial charge in [0.05, 0.1) is 0 Å². The Kier molecular flexibility index (Phi) is 4.70.